The van der Waals surface area contributed by atoms with Gasteiger partial charge in [-0.2, -0.15) is 0 Å². The molecule has 11 rings (SSSR count). The van der Waals surface area contributed by atoms with E-state index in [1.54, 1.807) is 36.0 Å². The first kappa shape index (κ1) is 50.5. The molecule has 0 spiro atoms. The third-order valence-corrected chi connectivity index (χ3v) is 15.5. The number of hydrogen-bond donors (Lipinski definition) is 2. The summed E-state index contributed by atoms with van der Waals surface area (Å²) in [6.07, 6.45) is 12.0. The first-order valence-corrected chi connectivity index (χ1v) is 26.6. The summed E-state index contributed by atoms with van der Waals surface area (Å²) in [4.78, 5) is 67.7. The third-order valence-electron chi connectivity index (χ3n) is 15.5. The lowest BCUT2D eigenvalue weighted by atomic mass is 9.93. The van der Waals surface area contributed by atoms with Crippen molar-refractivity contribution in [2.75, 3.05) is 39.0 Å². The van der Waals surface area contributed by atoms with E-state index in [9.17, 15) is 19.2 Å². The van der Waals surface area contributed by atoms with Crippen LogP contribution in [0.25, 0.3) is 16.7 Å². The summed E-state index contributed by atoms with van der Waals surface area (Å²) in [5, 5.41) is 6.31. The zero-order valence-corrected chi connectivity index (χ0v) is 43.7. The van der Waals surface area contributed by atoms with Crippen molar-refractivity contribution in [3.63, 3.8) is 0 Å². The van der Waals surface area contributed by atoms with Gasteiger partial charge in [-0.3, -0.25) is 34.5 Å². The van der Waals surface area contributed by atoms with Crippen molar-refractivity contribution >= 4 is 58.6 Å². The molecule has 0 bridgehead atoms. The number of aliphatic imine (C=N–C) groups is 2. The van der Waals surface area contributed by atoms with Crippen LogP contribution >= 0.6 is 0 Å². The van der Waals surface area contributed by atoms with Crippen molar-refractivity contribution in [1.82, 2.24) is 15.1 Å². The molecule has 1 fully saturated rings. The number of ketones is 1. The number of methoxy groups -OCH3 is 1. The third kappa shape index (κ3) is 10.2. The summed E-state index contributed by atoms with van der Waals surface area (Å²) in [5.74, 6) is 1.29. The van der Waals surface area contributed by atoms with E-state index in [-0.39, 0.29) is 60.6 Å². The van der Waals surface area contributed by atoms with Crippen molar-refractivity contribution in [2.45, 2.75) is 90.3 Å². The number of benzene rings is 5. The average Bonchev–Trinajstić information content (AvgIpc) is 4.00. The summed E-state index contributed by atoms with van der Waals surface area (Å²) >= 11 is 0. The maximum absolute atomic E-state index is 14.1. The number of Topliss-reactive ketones (excluding diaryl/α,β-unsaturated/α-hetero) is 1. The number of anilines is 1. The van der Waals surface area contributed by atoms with E-state index in [2.05, 4.69) is 59.2 Å². The Kier molecular flexibility index (Phi) is 14.3. The second-order valence-corrected chi connectivity index (χ2v) is 21.2. The molecule has 0 aromatic heterocycles. The minimum atomic E-state index is -0.552. The Hall–Kier alpha value is -7.68. The molecule has 390 valence electrons. The van der Waals surface area contributed by atoms with Gasteiger partial charge in [-0.25, -0.2) is 0 Å². The lowest BCUT2D eigenvalue weighted by Crippen LogP contribution is -2.43. The molecule has 5 aromatic carbocycles. The van der Waals surface area contributed by atoms with E-state index < -0.39 is 12.0 Å². The van der Waals surface area contributed by atoms with Gasteiger partial charge < -0.3 is 34.1 Å². The van der Waals surface area contributed by atoms with Gasteiger partial charge in [0.1, 0.15) is 5.75 Å². The summed E-state index contributed by atoms with van der Waals surface area (Å²) in [6, 6.07) is 30.8. The lowest BCUT2D eigenvalue weighted by Gasteiger charge is -2.23. The first-order chi connectivity index (χ1) is 36.9. The van der Waals surface area contributed by atoms with Crippen LogP contribution in [0.3, 0.4) is 0 Å². The van der Waals surface area contributed by atoms with Crippen LogP contribution in [0, 0.1) is 24.7 Å². The van der Waals surface area contributed by atoms with Crippen molar-refractivity contribution in [3.05, 3.63) is 148 Å². The standard InChI is InChI=1S/C62H64N6O8/c1-36(2)59(65-35-74-34-52-48-13-8-6-11-46(48)47-12-7-9-14-49(47)52)55(69)24-38(4)60(70)66-43-19-17-40(18-20-43)42-26-44-30-63-53-28-56(37(3)23-50(53)61(71)67(44)33-42)75-21-10-22-76-58-29-54-51(27-57(58)73-5)62(72)68-32-41(39-15-16-39)25-45(68)31-64-54/h6-9,11-14,17-20,23,27-33,36,38-39,44-45,52,59,65H,10,15-16,21-22,24-26,34-35H2,1-5H3,(H,66,70)/t38-,44+,45+,59+/m1/s1. The molecule has 5 aromatic rings. The number of nitrogens with one attached hydrogen (secondary N) is 2. The van der Waals surface area contributed by atoms with Crippen LogP contribution in [0.2, 0.25) is 0 Å². The lowest BCUT2D eigenvalue weighted by molar-refractivity contribution is -0.128. The average molecular weight is 1020 g/mol. The van der Waals surface area contributed by atoms with Gasteiger partial charge in [0.2, 0.25) is 5.91 Å². The van der Waals surface area contributed by atoms with Crippen molar-refractivity contribution < 1.29 is 38.1 Å². The maximum Gasteiger partial charge on any atom is 0.260 e. The van der Waals surface area contributed by atoms with E-state index in [0.717, 1.165) is 23.1 Å². The summed E-state index contributed by atoms with van der Waals surface area (Å²) < 4.78 is 24.2. The van der Waals surface area contributed by atoms with E-state index >= 15 is 0 Å². The van der Waals surface area contributed by atoms with Gasteiger partial charge in [0.15, 0.2) is 17.3 Å². The quantitative estimate of drug-likeness (QED) is 0.0571. The molecule has 4 aliphatic heterocycles. The summed E-state index contributed by atoms with van der Waals surface area (Å²) in [5.41, 5.74) is 11.7. The Morgan fingerprint density at radius 1 is 0.724 bits per heavy atom. The van der Waals surface area contributed by atoms with E-state index in [4.69, 9.17) is 28.9 Å². The van der Waals surface area contributed by atoms with E-state index in [1.165, 1.54) is 40.7 Å². The summed E-state index contributed by atoms with van der Waals surface area (Å²) in [7, 11) is 1.56. The highest BCUT2D eigenvalue weighted by atomic mass is 16.5. The Morgan fingerprint density at radius 3 is 2.00 bits per heavy atom. The number of carbonyl (C=O) groups is 4. The molecule has 0 saturated heterocycles. The zero-order chi connectivity index (χ0) is 52.6. The van der Waals surface area contributed by atoms with Crippen LogP contribution in [-0.2, 0) is 14.3 Å². The van der Waals surface area contributed by atoms with Gasteiger partial charge in [-0.15, -0.1) is 0 Å². The number of aryl methyl sites for hydroxylation is 1. The predicted octanol–water partition coefficient (Wildman–Crippen LogP) is 11.0. The molecule has 0 unspecified atom stereocenters. The van der Waals surface area contributed by atoms with Gasteiger partial charge in [0, 0.05) is 73.7 Å². The van der Waals surface area contributed by atoms with Gasteiger partial charge in [-0.05, 0) is 107 Å². The topological polar surface area (TPSA) is 160 Å². The number of carbonyl (C=O) groups excluding carboxylic acids is 4. The van der Waals surface area contributed by atoms with Gasteiger partial charge >= 0.3 is 0 Å². The van der Waals surface area contributed by atoms with Crippen LogP contribution in [0.15, 0.2) is 125 Å². The fourth-order valence-corrected chi connectivity index (χ4v) is 11.2. The molecule has 4 atom stereocenters. The smallest absolute Gasteiger partial charge is 0.260 e. The highest BCUT2D eigenvalue weighted by molar-refractivity contribution is 6.06. The number of ether oxygens (including phenoxy) is 4. The van der Waals surface area contributed by atoms with Crippen molar-refractivity contribution in [2.24, 2.45) is 27.7 Å². The molecule has 76 heavy (non-hydrogen) atoms. The van der Waals surface area contributed by atoms with Crippen LogP contribution in [0.4, 0.5) is 17.1 Å². The second-order valence-electron chi connectivity index (χ2n) is 21.2. The van der Waals surface area contributed by atoms with Crippen LogP contribution in [0.5, 0.6) is 17.2 Å². The van der Waals surface area contributed by atoms with Gasteiger partial charge in [0.25, 0.3) is 11.8 Å². The van der Waals surface area contributed by atoms with Gasteiger partial charge in [-0.1, -0.05) is 81.4 Å². The van der Waals surface area contributed by atoms with E-state index in [1.807, 2.05) is 82.0 Å². The minimum Gasteiger partial charge on any atom is -0.493 e. The van der Waals surface area contributed by atoms with Crippen LogP contribution in [0.1, 0.15) is 108 Å². The predicted molar refractivity (Wildman–Crippen MR) is 294 cm³/mol. The Bertz CT molecular complexity index is 3180. The molecule has 14 nitrogen and oxygen atoms in total. The maximum atomic E-state index is 14.1. The van der Waals surface area contributed by atoms with Crippen LogP contribution < -0.4 is 24.8 Å². The Morgan fingerprint density at radius 2 is 1.34 bits per heavy atom. The fourth-order valence-electron chi connectivity index (χ4n) is 11.2. The number of nitrogens with zero attached hydrogens (tertiary/aromatic N) is 4. The molecule has 14 heteroatoms. The van der Waals surface area contributed by atoms with Gasteiger partial charge in [0.05, 0.1) is 74.3 Å². The molecule has 1 saturated carbocycles. The monoisotopic (exact) mass is 1020 g/mol. The SMILES string of the molecule is COc1cc2c(cc1OCCCOc1cc3c(cc1C)C(=O)N1C=C(c4ccc(NC(=O)[C@H](C)CC(=O)[C@@H](NCOCC5c6ccccc6-c6ccccc65)C(C)C)cc4)C[C@H]1C=N3)N=C[C@@H]1CC(C3CC3)=CN1C2=O. The van der Waals surface area contributed by atoms with Crippen molar-refractivity contribution in [1.29, 1.82) is 0 Å². The number of rotatable bonds is 20. The van der Waals surface area contributed by atoms with Crippen molar-refractivity contribution in [3.8, 4) is 28.4 Å². The Balaban J connectivity index is 0.643. The molecular formula is C62H64N6O8. The highest BCUT2D eigenvalue weighted by Crippen LogP contribution is 2.46. The normalized spacial score (nSPS) is 18.9. The highest BCUT2D eigenvalue weighted by Gasteiger charge is 2.39. The number of hydrogen-bond acceptors (Lipinski definition) is 11. The number of amides is 3. The fraction of sp³-hybridized carbons (Fsp3) is 0.355. The van der Waals surface area contributed by atoms with Crippen LogP contribution in [-0.4, -0.2) is 97.5 Å². The number of fused-ring (bicyclic) bond motifs is 7. The molecule has 6 aliphatic rings. The minimum absolute atomic E-state index is 0.00522. The molecule has 2 aliphatic carbocycles. The second kappa shape index (κ2) is 21.5. The molecule has 3 amide bonds. The first-order valence-electron chi connectivity index (χ1n) is 26.6. The zero-order valence-electron chi connectivity index (χ0n) is 43.7. The van der Waals surface area contributed by atoms with E-state index in [0.29, 0.717) is 84.0 Å². The molecule has 0 radical (unpaired) electrons. The Labute approximate surface area is 443 Å². The molecule has 4 heterocycles. The molecule has 2 N–H and O–H groups in total. The molecular weight excluding hydrogens is 957 g/mol. The largest absolute Gasteiger partial charge is 0.493 e. The summed E-state index contributed by atoms with van der Waals surface area (Å²) in [6.45, 7) is 9.08.